The molecule has 1 N–H and O–H groups in total. The van der Waals surface area contributed by atoms with Crippen molar-refractivity contribution in [3.8, 4) is 17.0 Å². The van der Waals surface area contributed by atoms with Crippen molar-refractivity contribution in [2.75, 3.05) is 0 Å². The first kappa shape index (κ1) is 23.6. The zero-order valence-electron chi connectivity index (χ0n) is 17.1. The van der Waals surface area contributed by atoms with Crippen LogP contribution in [0.4, 0.5) is 10.6 Å². The molecule has 1 aliphatic heterocycles. The summed E-state index contributed by atoms with van der Waals surface area (Å²) in [6.45, 7) is 1.99. The first-order chi connectivity index (χ1) is 15.0. The molecule has 0 spiro atoms. The summed E-state index contributed by atoms with van der Waals surface area (Å²) in [6.07, 6.45) is 3.67. The van der Waals surface area contributed by atoms with Crippen LogP contribution in [-0.4, -0.2) is 26.3 Å². The monoisotopic (exact) mass is 539 g/mol. The molecule has 4 heterocycles. The van der Waals surface area contributed by atoms with Crippen molar-refractivity contribution in [1.29, 1.82) is 0 Å². The van der Waals surface area contributed by atoms with E-state index in [1.165, 1.54) is 12.4 Å². The van der Waals surface area contributed by atoms with Crippen LogP contribution in [0.1, 0.15) is 24.2 Å². The number of hydrogen-bond donors (Lipinski definition) is 1. The zero-order chi connectivity index (χ0) is 21.5. The molecule has 32 heavy (non-hydrogen) atoms. The van der Waals surface area contributed by atoms with Crippen LogP contribution in [0.5, 0.6) is 5.75 Å². The molecule has 0 saturated heterocycles. The molecule has 156 valence electrons. The molecule has 8 nitrogen and oxygen atoms in total. The van der Waals surface area contributed by atoms with E-state index in [4.69, 9.17) is 32.7 Å². The largest absolute Gasteiger partial charge is 1.00 e. The van der Waals surface area contributed by atoms with Gasteiger partial charge in [0.25, 0.3) is 0 Å². The number of rotatable bonds is 4. The van der Waals surface area contributed by atoms with E-state index in [9.17, 15) is 4.79 Å². The van der Waals surface area contributed by atoms with Gasteiger partial charge in [-0.25, -0.2) is 0 Å². The molecule has 0 fully saturated rings. The standard InChI is InChI=1S/C21H15Cl2N5O3.Rb/c1-10(18-15(22)7-24-8-16(18)23)31-13-2-3-17-14(5-13)19(28-27-17)11-4-12-9-30-21(29)26-20(12)25-6-11;/h2-8,10H,9H2,1H3,(H2,25,26,27,28,29);/q;+1/p-1/t10-;/m1./s1. The molecule has 5 rings (SSSR count). The molecule has 4 aromatic rings. The van der Waals surface area contributed by atoms with Crippen LogP contribution in [0.25, 0.3) is 27.5 Å². The Morgan fingerprint density at radius 3 is 2.75 bits per heavy atom. The van der Waals surface area contributed by atoms with E-state index in [0.29, 0.717) is 32.9 Å². The minimum Gasteiger partial charge on any atom is -0.486 e. The topological polar surface area (TPSA) is 104 Å². The molecule has 0 aliphatic carbocycles. The molecular weight excluding hydrogens is 527 g/mol. The third-order valence-electron chi connectivity index (χ3n) is 4.91. The van der Waals surface area contributed by atoms with Crippen molar-refractivity contribution in [2.24, 2.45) is 0 Å². The van der Waals surface area contributed by atoms with Crippen molar-refractivity contribution in [3.05, 3.63) is 69.3 Å². The number of hydrogen-bond acceptors (Lipinski definition) is 6. The van der Waals surface area contributed by atoms with Gasteiger partial charge < -0.3 is 19.8 Å². The van der Waals surface area contributed by atoms with Crippen molar-refractivity contribution in [2.45, 2.75) is 19.6 Å². The van der Waals surface area contributed by atoms with E-state index in [-0.39, 0.29) is 64.8 Å². The smallest absolute Gasteiger partial charge is 0.486 e. The molecule has 0 radical (unpaired) electrons. The molecule has 0 unspecified atom stereocenters. The molecule has 0 bridgehead atoms. The van der Waals surface area contributed by atoms with Gasteiger partial charge in [-0.2, -0.15) is 5.10 Å². The number of nitrogens with one attached hydrogen (secondary N) is 1. The van der Waals surface area contributed by atoms with Crippen LogP contribution >= 0.6 is 23.2 Å². The van der Waals surface area contributed by atoms with Crippen molar-refractivity contribution < 1.29 is 72.5 Å². The Kier molecular flexibility index (Phi) is 7.19. The number of amides is 1. The number of fused-ring (bicyclic) bond motifs is 2. The summed E-state index contributed by atoms with van der Waals surface area (Å²) in [5.41, 5.74) is 3.69. The summed E-state index contributed by atoms with van der Waals surface area (Å²) >= 11 is 12.5. The number of cyclic esters (lactones) is 1. The quantitative estimate of drug-likeness (QED) is 0.427. The third kappa shape index (κ3) is 4.57. The van der Waals surface area contributed by atoms with Gasteiger partial charge in [0.2, 0.25) is 0 Å². The Morgan fingerprint density at radius 1 is 1.19 bits per heavy atom. The van der Waals surface area contributed by atoms with Crippen LogP contribution in [0.2, 0.25) is 10.0 Å². The maximum atomic E-state index is 11.3. The van der Waals surface area contributed by atoms with Crippen LogP contribution < -0.4 is 62.9 Å². The zero-order valence-corrected chi connectivity index (χ0v) is 23.5. The number of halogens is 2. The maximum absolute atomic E-state index is 11.3. The number of carbonyl (C=O) groups is 1. The fraction of sp³-hybridized carbons (Fsp3) is 0.143. The summed E-state index contributed by atoms with van der Waals surface area (Å²) in [4.78, 5) is 19.6. The number of aromatic amines is 1. The molecule has 11 heteroatoms. The Bertz CT molecular complexity index is 1310. The normalized spacial score (nSPS) is 13.5. The van der Waals surface area contributed by atoms with Crippen LogP contribution in [0, 0.1) is 0 Å². The van der Waals surface area contributed by atoms with Crippen molar-refractivity contribution >= 4 is 46.0 Å². The molecule has 1 aromatic carbocycles. The van der Waals surface area contributed by atoms with Crippen molar-refractivity contribution in [1.82, 2.24) is 20.2 Å². The number of benzene rings is 1. The second-order valence-electron chi connectivity index (χ2n) is 6.93. The number of nitrogens with zero attached hydrogens (tertiary/aromatic N) is 4. The van der Waals surface area contributed by atoms with Crippen molar-refractivity contribution in [3.63, 3.8) is 0 Å². The molecule has 0 saturated carbocycles. The van der Waals surface area contributed by atoms with Gasteiger partial charge in [0.05, 0.1) is 21.3 Å². The summed E-state index contributed by atoms with van der Waals surface area (Å²) in [5, 5.41) is 12.9. The minimum atomic E-state index is -0.636. The Hall–Kier alpha value is -1.55. The summed E-state index contributed by atoms with van der Waals surface area (Å²) in [7, 11) is 0. The number of carbonyl (C=O) groups excluding carboxylic acids is 1. The average molecular weight is 541 g/mol. The number of H-pyrrole nitrogens is 1. The molecule has 3 aromatic heterocycles. The van der Waals surface area contributed by atoms with Crippen LogP contribution in [-0.2, 0) is 11.3 Å². The van der Waals surface area contributed by atoms with Crippen LogP contribution in [0.3, 0.4) is 0 Å². The minimum absolute atomic E-state index is 0. The van der Waals surface area contributed by atoms with E-state index in [1.807, 2.05) is 31.2 Å². The average Bonchev–Trinajstić information content (AvgIpc) is 3.16. The molecular formula is C21H14Cl2N5O3Rb. The number of aromatic nitrogens is 4. The van der Waals surface area contributed by atoms with Gasteiger partial charge in [0.15, 0.2) is 0 Å². The second kappa shape index (κ2) is 9.75. The SMILES string of the molecule is C[C@@H](Oc1ccc2[nH]nc(-c3cnc4c(c3)COC(=O)[N-]4)c2c1)c1c(Cl)cncc1Cl.[Rb+]. The fourth-order valence-electron chi connectivity index (χ4n) is 3.46. The number of pyridine rings is 2. The second-order valence-corrected chi connectivity index (χ2v) is 7.74. The van der Waals surface area contributed by atoms with Gasteiger partial charge in [-0.05, 0) is 48.1 Å². The fourth-order valence-corrected chi connectivity index (χ4v) is 4.13. The van der Waals surface area contributed by atoms with Crippen LogP contribution in [0.15, 0.2) is 42.9 Å². The van der Waals surface area contributed by atoms with Gasteiger partial charge in [0, 0.05) is 23.3 Å². The van der Waals surface area contributed by atoms with Gasteiger partial charge >= 0.3 is 64.3 Å². The van der Waals surface area contributed by atoms with E-state index in [0.717, 1.165) is 22.0 Å². The van der Waals surface area contributed by atoms with E-state index in [1.54, 1.807) is 6.20 Å². The van der Waals surface area contributed by atoms with Gasteiger partial charge in [0.1, 0.15) is 18.5 Å². The van der Waals surface area contributed by atoms with Gasteiger partial charge in [-0.15, -0.1) is 0 Å². The number of ether oxygens (including phenoxy) is 2. The molecule has 1 amide bonds. The summed E-state index contributed by atoms with van der Waals surface area (Å²) in [6, 6.07) is 7.47. The molecule has 1 aliphatic rings. The Labute approximate surface area is 241 Å². The Balaban J connectivity index is 0.00000245. The summed E-state index contributed by atoms with van der Waals surface area (Å²) < 4.78 is 11.1. The first-order valence-electron chi connectivity index (χ1n) is 9.31. The van der Waals surface area contributed by atoms with Gasteiger partial charge in [-0.1, -0.05) is 29.4 Å². The third-order valence-corrected chi connectivity index (χ3v) is 5.51. The molecule has 1 atom stereocenters. The predicted octanol–water partition coefficient (Wildman–Crippen LogP) is 3.13. The summed E-state index contributed by atoms with van der Waals surface area (Å²) in [5.74, 6) is 0.991. The van der Waals surface area contributed by atoms with Gasteiger partial charge in [-0.3, -0.25) is 14.9 Å². The Morgan fingerprint density at radius 2 is 1.97 bits per heavy atom. The van der Waals surface area contributed by atoms with E-state index in [2.05, 4.69) is 25.5 Å². The maximum Gasteiger partial charge on any atom is 1.00 e. The van der Waals surface area contributed by atoms with E-state index >= 15 is 0 Å². The predicted molar refractivity (Wildman–Crippen MR) is 116 cm³/mol. The van der Waals surface area contributed by atoms with E-state index < -0.39 is 12.2 Å². The first-order valence-corrected chi connectivity index (χ1v) is 10.1.